The first-order chi connectivity index (χ1) is 10.5. The molecule has 1 aliphatic heterocycles. The zero-order valence-corrected chi connectivity index (χ0v) is 13.8. The fourth-order valence-corrected chi connectivity index (χ4v) is 5.63. The van der Waals surface area contributed by atoms with E-state index in [1.165, 1.54) is 11.1 Å². The van der Waals surface area contributed by atoms with Crippen LogP contribution >= 0.6 is 0 Å². The van der Waals surface area contributed by atoms with E-state index in [2.05, 4.69) is 37.1 Å². The van der Waals surface area contributed by atoms with E-state index in [0.717, 1.165) is 38.0 Å². The first-order valence-corrected chi connectivity index (χ1v) is 8.44. The molecule has 0 amide bonds. The number of likely N-dealkylation sites (N-methyl/N-ethyl adjacent to an activating group) is 1. The van der Waals surface area contributed by atoms with Crippen molar-refractivity contribution in [1.29, 1.82) is 0 Å². The van der Waals surface area contributed by atoms with E-state index in [1.807, 2.05) is 0 Å². The molecule has 0 aromatic heterocycles. The second-order valence-electron chi connectivity index (χ2n) is 7.60. The Morgan fingerprint density at radius 1 is 1.32 bits per heavy atom. The highest BCUT2D eigenvalue weighted by atomic mass is 16.5. The van der Waals surface area contributed by atoms with E-state index in [9.17, 15) is 4.79 Å². The van der Waals surface area contributed by atoms with Crippen molar-refractivity contribution in [2.45, 2.75) is 44.1 Å². The highest BCUT2D eigenvalue weighted by Gasteiger charge is 2.57. The van der Waals surface area contributed by atoms with Crippen LogP contribution in [-0.4, -0.2) is 37.4 Å². The molecule has 1 saturated heterocycles. The predicted molar refractivity (Wildman–Crippen MR) is 86.3 cm³/mol. The summed E-state index contributed by atoms with van der Waals surface area (Å²) >= 11 is 0. The number of fused-ring (bicyclic) bond motifs is 1. The Kier molecular flexibility index (Phi) is 3.12. The third kappa shape index (κ3) is 1.81. The topological polar surface area (TPSA) is 29.5 Å². The number of methoxy groups -OCH3 is 1. The Morgan fingerprint density at radius 2 is 2.14 bits per heavy atom. The van der Waals surface area contributed by atoms with Crippen LogP contribution in [0.5, 0.6) is 5.75 Å². The van der Waals surface area contributed by atoms with Crippen LogP contribution in [0.3, 0.4) is 0 Å². The van der Waals surface area contributed by atoms with Crippen molar-refractivity contribution >= 4 is 5.78 Å². The molecule has 3 heteroatoms. The molecule has 1 aromatic carbocycles. The van der Waals surface area contributed by atoms with Gasteiger partial charge in [-0.3, -0.25) is 4.79 Å². The minimum atomic E-state index is 0.0497. The minimum absolute atomic E-state index is 0.0497. The molecule has 1 heterocycles. The van der Waals surface area contributed by atoms with Crippen molar-refractivity contribution in [1.82, 2.24) is 4.90 Å². The van der Waals surface area contributed by atoms with E-state index >= 15 is 0 Å². The van der Waals surface area contributed by atoms with E-state index in [4.69, 9.17) is 4.74 Å². The fraction of sp³-hybridized carbons (Fsp3) is 0.632. The number of nitrogens with zero attached hydrogens (tertiary/aromatic N) is 1. The Hall–Kier alpha value is -1.35. The first-order valence-electron chi connectivity index (χ1n) is 8.44. The third-order valence-corrected chi connectivity index (χ3v) is 6.49. The Morgan fingerprint density at radius 3 is 2.91 bits per heavy atom. The maximum atomic E-state index is 12.4. The molecule has 2 bridgehead atoms. The van der Waals surface area contributed by atoms with E-state index in [1.54, 1.807) is 7.11 Å². The average Bonchev–Trinajstić information content (AvgIpc) is 2.50. The number of benzene rings is 1. The molecule has 118 valence electrons. The lowest BCUT2D eigenvalue weighted by Gasteiger charge is -2.60. The maximum absolute atomic E-state index is 12.4. The molecular weight excluding hydrogens is 274 g/mol. The van der Waals surface area contributed by atoms with Crippen molar-refractivity contribution in [3.8, 4) is 5.75 Å². The molecule has 1 saturated carbocycles. The molecule has 2 fully saturated rings. The summed E-state index contributed by atoms with van der Waals surface area (Å²) in [6.07, 6.45) is 3.70. The molecule has 22 heavy (non-hydrogen) atoms. The fourth-order valence-electron chi connectivity index (χ4n) is 5.63. The monoisotopic (exact) mass is 299 g/mol. The lowest BCUT2D eigenvalue weighted by molar-refractivity contribution is -0.130. The van der Waals surface area contributed by atoms with Gasteiger partial charge in [-0.05, 0) is 61.5 Å². The second-order valence-corrected chi connectivity index (χ2v) is 7.60. The molecule has 0 N–H and O–H groups in total. The molecule has 3 nitrogen and oxygen atoms in total. The molecule has 4 atom stereocenters. The van der Waals surface area contributed by atoms with Gasteiger partial charge in [0.1, 0.15) is 11.5 Å². The molecule has 0 spiro atoms. The molecule has 4 rings (SSSR count). The third-order valence-electron chi connectivity index (χ3n) is 6.49. The van der Waals surface area contributed by atoms with Gasteiger partial charge >= 0.3 is 0 Å². The summed E-state index contributed by atoms with van der Waals surface area (Å²) < 4.78 is 5.47. The zero-order chi connectivity index (χ0) is 15.5. The SMILES string of the molecule is COc1ccc2c(c1)[C@@]13CCN(C)[C@H](C2)[C@@H]1[C@H](C)CC(=O)C3. The normalized spacial score (nSPS) is 37.4. The number of piperidine rings is 1. The van der Waals surface area contributed by atoms with Crippen molar-refractivity contribution in [2.75, 3.05) is 20.7 Å². The van der Waals surface area contributed by atoms with Gasteiger partial charge in [0.05, 0.1) is 7.11 Å². The molecular formula is C19H25NO2. The number of ether oxygens (including phenoxy) is 1. The van der Waals surface area contributed by atoms with Crippen LogP contribution in [0, 0.1) is 11.8 Å². The van der Waals surface area contributed by atoms with Crippen molar-refractivity contribution < 1.29 is 9.53 Å². The molecule has 0 radical (unpaired) electrons. The Bertz CT molecular complexity index is 626. The summed E-state index contributed by atoms with van der Waals surface area (Å²) in [5, 5.41) is 0. The second kappa shape index (κ2) is 4.82. The van der Waals surface area contributed by atoms with Gasteiger partial charge in [0.15, 0.2) is 0 Å². The summed E-state index contributed by atoms with van der Waals surface area (Å²) in [5.41, 5.74) is 2.88. The predicted octanol–water partition coefficient (Wildman–Crippen LogP) is 2.81. The van der Waals surface area contributed by atoms with E-state index in [-0.39, 0.29) is 5.41 Å². The molecule has 3 aliphatic rings. The molecule has 2 aliphatic carbocycles. The van der Waals surface area contributed by atoms with Crippen LogP contribution in [-0.2, 0) is 16.6 Å². The lowest BCUT2D eigenvalue weighted by Crippen LogP contribution is -2.63. The summed E-state index contributed by atoms with van der Waals surface area (Å²) in [6.45, 7) is 3.38. The van der Waals surface area contributed by atoms with Gasteiger partial charge < -0.3 is 9.64 Å². The van der Waals surface area contributed by atoms with Crippen LogP contribution in [0.1, 0.15) is 37.3 Å². The summed E-state index contributed by atoms with van der Waals surface area (Å²) in [6, 6.07) is 7.09. The first kappa shape index (κ1) is 14.3. The lowest BCUT2D eigenvalue weighted by atomic mass is 9.49. The van der Waals surface area contributed by atoms with Crippen LogP contribution in [0.2, 0.25) is 0 Å². The van der Waals surface area contributed by atoms with Gasteiger partial charge in [-0.25, -0.2) is 0 Å². The van der Waals surface area contributed by atoms with Gasteiger partial charge in [0, 0.05) is 24.3 Å². The minimum Gasteiger partial charge on any atom is -0.497 e. The zero-order valence-electron chi connectivity index (χ0n) is 13.8. The van der Waals surface area contributed by atoms with E-state index in [0.29, 0.717) is 23.7 Å². The summed E-state index contributed by atoms with van der Waals surface area (Å²) in [5.74, 6) is 2.45. The van der Waals surface area contributed by atoms with Crippen LogP contribution < -0.4 is 4.74 Å². The smallest absolute Gasteiger partial charge is 0.134 e. The van der Waals surface area contributed by atoms with E-state index < -0.39 is 0 Å². The highest BCUT2D eigenvalue weighted by Crippen LogP contribution is 2.56. The quantitative estimate of drug-likeness (QED) is 0.798. The van der Waals surface area contributed by atoms with Crippen LogP contribution in [0.15, 0.2) is 18.2 Å². The Labute approximate surface area is 132 Å². The van der Waals surface area contributed by atoms with Gasteiger partial charge in [0.25, 0.3) is 0 Å². The number of likely N-dealkylation sites (tertiary alicyclic amines) is 1. The standard InChI is InChI=1S/C19H25NO2/c1-12-8-14(21)11-19-6-7-20(2)17(18(12)19)9-13-4-5-15(22-3)10-16(13)19/h4-5,10,12,17-18H,6-9,11H2,1-3H3/t12-,17-,18+,19+/m1/s1. The average molecular weight is 299 g/mol. The van der Waals surface area contributed by atoms with Gasteiger partial charge in [-0.1, -0.05) is 13.0 Å². The van der Waals surface area contributed by atoms with Gasteiger partial charge in [-0.15, -0.1) is 0 Å². The largest absolute Gasteiger partial charge is 0.497 e. The van der Waals surface area contributed by atoms with Crippen molar-refractivity contribution in [2.24, 2.45) is 11.8 Å². The number of carbonyl (C=O) groups excluding carboxylic acids is 1. The number of ketones is 1. The number of Topliss-reactive ketones (excluding diaryl/α,β-unsaturated/α-hetero) is 1. The molecule has 1 aromatic rings. The number of carbonyl (C=O) groups is 1. The van der Waals surface area contributed by atoms with Crippen molar-refractivity contribution in [3.63, 3.8) is 0 Å². The molecule has 0 unspecified atom stereocenters. The van der Waals surface area contributed by atoms with Crippen LogP contribution in [0.25, 0.3) is 0 Å². The van der Waals surface area contributed by atoms with Crippen LogP contribution in [0.4, 0.5) is 0 Å². The highest BCUT2D eigenvalue weighted by molar-refractivity contribution is 5.82. The summed E-state index contributed by atoms with van der Waals surface area (Å²) in [7, 11) is 3.98. The number of hydrogen-bond donors (Lipinski definition) is 0. The number of rotatable bonds is 1. The van der Waals surface area contributed by atoms with Gasteiger partial charge in [0.2, 0.25) is 0 Å². The Balaban J connectivity index is 1.92. The van der Waals surface area contributed by atoms with Gasteiger partial charge in [-0.2, -0.15) is 0 Å². The maximum Gasteiger partial charge on any atom is 0.134 e. The van der Waals surface area contributed by atoms with Crippen molar-refractivity contribution in [3.05, 3.63) is 29.3 Å². The summed E-state index contributed by atoms with van der Waals surface area (Å²) in [4.78, 5) is 15.0. The number of hydrogen-bond acceptors (Lipinski definition) is 3.